The monoisotopic (exact) mass is 361 g/mol. The zero-order valence-electron chi connectivity index (χ0n) is 14.6. The zero-order chi connectivity index (χ0) is 19.1. The number of amides is 1. The topological polar surface area (TPSA) is 112 Å². The Balaban J connectivity index is 2.05. The number of ether oxygens (including phenoxy) is 3. The van der Waals surface area contributed by atoms with Crippen LogP contribution in [0.3, 0.4) is 0 Å². The van der Waals surface area contributed by atoms with Gasteiger partial charge < -0.3 is 24.8 Å². The number of non-ortho nitro benzene ring substituents is 1. The van der Waals surface area contributed by atoms with E-state index in [0.717, 1.165) is 0 Å². The van der Waals surface area contributed by atoms with E-state index in [-0.39, 0.29) is 18.1 Å². The Morgan fingerprint density at radius 1 is 1.00 bits per heavy atom. The highest BCUT2D eigenvalue weighted by molar-refractivity contribution is 5.94. The molecule has 0 aromatic heterocycles. The first-order chi connectivity index (χ1) is 12.5. The van der Waals surface area contributed by atoms with E-state index in [4.69, 9.17) is 14.2 Å². The highest BCUT2D eigenvalue weighted by Gasteiger charge is 2.13. The number of nitro benzene ring substituents is 1. The molecule has 0 aliphatic rings. The van der Waals surface area contributed by atoms with Gasteiger partial charge in [-0.2, -0.15) is 0 Å². The number of benzene rings is 2. The van der Waals surface area contributed by atoms with Crippen LogP contribution in [-0.2, 0) is 4.79 Å². The van der Waals surface area contributed by atoms with Gasteiger partial charge in [0.25, 0.3) is 5.69 Å². The summed E-state index contributed by atoms with van der Waals surface area (Å²) in [5.41, 5.74) is 0.776. The van der Waals surface area contributed by atoms with E-state index in [0.29, 0.717) is 28.6 Å². The van der Waals surface area contributed by atoms with Gasteiger partial charge in [-0.05, 0) is 18.2 Å². The molecule has 0 unspecified atom stereocenters. The van der Waals surface area contributed by atoms with Crippen molar-refractivity contribution in [3.05, 3.63) is 46.5 Å². The molecule has 0 spiro atoms. The van der Waals surface area contributed by atoms with E-state index in [9.17, 15) is 14.9 Å². The Morgan fingerprint density at radius 3 is 2.27 bits per heavy atom. The van der Waals surface area contributed by atoms with Crippen molar-refractivity contribution in [2.75, 3.05) is 38.5 Å². The maximum atomic E-state index is 12.1. The molecule has 0 aliphatic carbocycles. The third-order valence-electron chi connectivity index (χ3n) is 3.50. The molecule has 138 valence electrons. The van der Waals surface area contributed by atoms with E-state index >= 15 is 0 Å². The van der Waals surface area contributed by atoms with E-state index in [1.807, 2.05) is 0 Å². The van der Waals surface area contributed by atoms with Crippen molar-refractivity contribution >= 4 is 23.0 Å². The first-order valence-electron chi connectivity index (χ1n) is 7.56. The number of methoxy groups -OCH3 is 3. The minimum absolute atomic E-state index is 0.103. The fraction of sp³-hybridized carbons (Fsp3) is 0.235. The van der Waals surface area contributed by atoms with Crippen LogP contribution in [0.5, 0.6) is 17.2 Å². The number of nitrogens with one attached hydrogen (secondary N) is 2. The van der Waals surface area contributed by atoms with Crippen molar-refractivity contribution < 1.29 is 23.9 Å². The lowest BCUT2D eigenvalue weighted by Crippen LogP contribution is -2.22. The molecule has 9 heteroatoms. The average molecular weight is 361 g/mol. The van der Waals surface area contributed by atoms with Gasteiger partial charge in [0.2, 0.25) is 5.91 Å². The maximum Gasteiger partial charge on any atom is 0.271 e. The van der Waals surface area contributed by atoms with Crippen LogP contribution >= 0.6 is 0 Å². The molecule has 0 heterocycles. The van der Waals surface area contributed by atoms with Gasteiger partial charge in [-0.15, -0.1) is 0 Å². The fourth-order valence-electron chi connectivity index (χ4n) is 2.24. The Kier molecular flexibility index (Phi) is 6.20. The predicted octanol–water partition coefficient (Wildman–Crippen LogP) is 2.67. The Labute approximate surface area is 150 Å². The summed E-state index contributed by atoms with van der Waals surface area (Å²) in [6.07, 6.45) is 0. The number of rotatable bonds is 8. The van der Waals surface area contributed by atoms with Crippen molar-refractivity contribution in [2.24, 2.45) is 0 Å². The normalized spacial score (nSPS) is 9.96. The van der Waals surface area contributed by atoms with E-state index < -0.39 is 4.92 Å². The molecule has 26 heavy (non-hydrogen) atoms. The van der Waals surface area contributed by atoms with Crippen molar-refractivity contribution in [2.45, 2.75) is 0 Å². The summed E-state index contributed by atoms with van der Waals surface area (Å²) in [6, 6.07) is 9.08. The van der Waals surface area contributed by atoms with Crippen LogP contribution in [0.2, 0.25) is 0 Å². The summed E-state index contributed by atoms with van der Waals surface area (Å²) in [5.74, 6) is 1.09. The molecule has 0 aliphatic heterocycles. The summed E-state index contributed by atoms with van der Waals surface area (Å²) < 4.78 is 15.5. The van der Waals surface area contributed by atoms with Crippen molar-refractivity contribution in [1.29, 1.82) is 0 Å². The fourth-order valence-corrected chi connectivity index (χ4v) is 2.24. The van der Waals surface area contributed by atoms with Crippen molar-refractivity contribution in [3.8, 4) is 17.2 Å². The van der Waals surface area contributed by atoms with Crippen LogP contribution < -0.4 is 24.8 Å². The largest absolute Gasteiger partial charge is 0.495 e. The van der Waals surface area contributed by atoms with Crippen molar-refractivity contribution in [3.63, 3.8) is 0 Å². The number of anilines is 2. The highest BCUT2D eigenvalue weighted by atomic mass is 16.6. The highest BCUT2D eigenvalue weighted by Crippen LogP contribution is 2.30. The molecule has 0 bridgehead atoms. The molecule has 0 saturated heterocycles. The van der Waals surface area contributed by atoms with E-state index in [1.165, 1.54) is 39.5 Å². The van der Waals surface area contributed by atoms with Gasteiger partial charge in [-0.25, -0.2) is 0 Å². The molecule has 2 aromatic rings. The number of carbonyl (C=O) groups is 1. The number of hydrogen-bond donors (Lipinski definition) is 2. The molecule has 0 radical (unpaired) electrons. The second kappa shape index (κ2) is 8.56. The molecule has 2 aromatic carbocycles. The molecule has 2 N–H and O–H groups in total. The second-order valence-corrected chi connectivity index (χ2v) is 5.11. The smallest absolute Gasteiger partial charge is 0.271 e. The third kappa shape index (κ3) is 4.53. The molecular formula is C17H19N3O6. The average Bonchev–Trinajstić information content (AvgIpc) is 2.65. The summed E-state index contributed by atoms with van der Waals surface area (Å²) in [6.45, 7) is -0.105. The summed E-state index contributed by atoms with van der Waals surface area (Å²) in [5, 5.41) is 16.4. The maximum absolute atomic E-state index is 12.1. The summed E-state index contributed by atoms with van der Waals surface area (Å²) in [7, 11) is 4.46. The van der Waals surface area contributed by atoms with E-state index in [2.05, 4.69) is 10.6 Å². The van der Waals surface area contributed by atoms with Crippen molar-refractivity contribution in [1.82, 2.24) is 0 Å². The zero-order valence-corrected chi connectivity index (χ0v) is 14.6. The SMILES string of the molecule is COc1ccc([N+](=O)[O-])cc1NCC(=O)Nc1ccc(OC)c(OC)c1. The van der Waals surface area contributed by atoms with Gasteiger partial charge in [-0.1, -0.05) is 0 Å². The number of nitro groups is 1. The number of hydrogen-bond acceptors (Lipinski definition) is 7. The Hall–Kier alpha value is -3.49. The van der Waals surface area contributed by atoms with Crippen LogP contribution in [0.4, 0.5) is 17.1 Å². The minimum atomic E-state index is -0.520. The quantitative estimate of drug-likeness (QED) is 0.549. The molecule has 0 saturated carbocycles. The van der Waals surface area contributed by atoms with Gasteiger partial charge in [0, 0.05) is 23.9 Å². The van der Waals surface area contributed by atoms with Gasteiger partial charge in [-0.3, -0.25) is 14.9 Å². The lowest BCUT2D eigenvalue weighted by atomic mass is 10.2. The van der Waals surface area contributed by atoms with Gasteiger partial charge in [0.15, 0.2) is 11.5 Å². The van der Waals surface area contributed by atoms with Crippen LogP contribution in [0.25, 0.3) is 0 Å². The first kappa shape index (κ1) is 18.8. The van der Waals surface area contributed by atoms with Gasteiger partial charge in [0.1, 0.15) is 5.75 Å². The third-order valence-corrected chi connectivity index (χ3v) is 3.50. The second-order valence-electron chi connectivity index (χ2n) is 5.11. The van der Waals surface area contributed by atoms with E-state index in [1.54, 1.807) is 18.2 Å². The lowest BCUT2D eigenvalue weighted by molar-refractivity contribution is -0.384. The predicted molar refractivity (Wildman–Crippen MR) is 96.3 cm³/mol. The molecule has 0 fully saturated rings. The number of carbonyl (C=O) groups excluding carboxylic acids is 1. The number of nitrogens with zero attached hydrogens (tertiary/aromatic N) is 1. The Morgan fingerprint density at radius 2 is 1.65 bits per heavy atom. The van der Waals surface area contributed by atoms with Crippen LogP contribution in [0, 0.1) is 10.1 Å². The lowest BCUT2D eigenvalue weighted by Gasteiger charge is -2.12. The summed E-state index contributed by atoms with van der Waals surface area (Å²) in [4.78, 5) is 22.5. The van der Waals surface area contributed by atoms with Gasteiger partial charge in [0.05, 0.1) is 38.5 Å². The molecule has 0 atom stereocenters. The van der Waals surface area contributed by atoms with Crippen LogP contribution in [0.1, 0.15) is 0 Å². The summed E-state index contributed by atoms with van der Waals surface area (Å²) >= 11 is 0. The molecule has 2 rings (SSSR count). The van der Waals surface area contributed by atoms with Gasteiger partial charge >= 0.3 is 0 Å². The minimum Gasteiger partial charge on any atom is -0.495 e. The standard InChI is InChI=1S/C17H19N3O6/c1-24-14-7-5-12(20(22)23)9-13(14)18-10-17(21)19-11-4-6-15(25-2)16(8-11)26-3/h4-9,18H,10H2,1-3H3,(H,19,21). The Bertz CT molecular complexity index is 809. The first-order valence-corrected chi connectivity index (χ1v) is 7.56. The molecule has 9 nitrogen and oxygen atoms in total. The van der Waals surface area contributed by atoms with Crippen LogP contribution in [-0.4, -0.2) is 38.7 Å². The molecular weight excluding hydrogens is 342 g/mol. The molecule has 1 amide bonds. The van der Waals surface area contributed by atoms with Crippen LogP contribution in [0.15, 0.2) is 36.4 Å².